The Kier molecular flexibility index (Phi) is 8.34. The normalized spacial score (nSPS) is 11.5. The highest BCUT2D eigenvalue weighted by atomic mass is 19.1. The average molecular weight is 416 g/mol. The number of nitrogens with one attached hydrogen (secondary N) is 2. The summed E-state index contributed by atoms with van der Waals surface area (Å²) in [5.74, 6) is -1.50. The first-order chi connectivity index (χ1) is 14.3. The van der Waals surface area contributed by atoms with E-state index in [-0.39, 0.29) is 11.8 Å². The molecule has 0 saturated heterocycles. The molecule has 0 unspecified atom stereocenters. The van der Waals surface area contributed by atoms with Gasteiger partial charge in [-0.2, -0.15) is 0 Å². The summed E-state index contributed by atoms with van der Waals surface area (Å²) in [5.41, 5.74) is 0.626. The third kappa shape index (κ3) is 7.20. The topological polar surface area (TPSA) is 93.7 Å². The van der Waals surface area contributed by atoms with E-state index in [2.05, 4.69) is 10.6 Å². The number of carbonyl (C=O) groups is 3. The van der Waals surface area contributed by atoms with Gasteiger partial charge in [-0.15, -0.1) is 0 Å². The van der Waals surface area contributed by atoms with Crippen molar-refractivity contribution in [3.63, 3.8) is 0 Å². The Bertz CT molecular complexity index is 883. The molecule has 0 aliphatic rings. The SMILES string of the molecule is CC(C)CNC(=O)c1ccccc1NC(=O)COC(=O)[C@@H](C)Oc1ccc(F)cc1. The van der Waals surface area contributed by atoms with Crippen molar-refractivity contribution in [3.8, 4) is 5.75 Å². The van der Waals surface area contributed by atoms with Crippen molar-refractivity contribution in [2.45, 2.75) is 26.9 Å². The van der Waals surface area contributed by atoms with Crippen molar-refractivity contribution in [2.75, 3.05) is 18.5 Å². The standard InChI is InChI=1S/C22H25FN2O5/c1-14(2)12-24-21(27)18-6-4-5-7-19(18)25-20(26)13-29-22(28)15(3)30-17-10-8-16(23)9-11-17/h4-11,14-15H,12-13H2,1-3H3,(H,24,27)(H,25,26)/t15-/m1/s1. The van der Waals surface area contributed by atoms with Crippen LogP contribution in [0, 0.1) is 11.7 Å². The molecule has 0 bridgehead atoms. The van der Waals surface area contributed by atoms with Gasteiger partial charge in [-0.1, -0.05) is 26.0 Å². The average Bonchev–Trinajstić information content (AvgIpc) is 2.72. The van der Waals surface area contributed by atoms with E-state index in [4.69, 9.17) is 9.47 Å². The minimum Gasteiger partial charge on any atom is -0.479 e. The molecule has 1 atom stereocenters. The molecule has 2 N–H and O–H groups in total. The van der Waals surface area contributed by atoms with E-state index >= 15 is 0 Å². The van der Waals surface area contributed by atoms with E-state index in [0.717, 1.165) is 0 Å². The van der Waals surface area contributed by atoms with Crippen molar-refractivity contribution in [1.82, 2.24) is 5.32 Å². The van der Waals surface area contributed by atoms with Crippen LogP contribution in [-0.2, 0) is 14.3 Å². The first-order valence-electron chi connectivity index (χ1n) is 9.52. The maximum absolute atomic E-state index is 12.9. The van der Waals surface area contributed by atoms with Gasteiger partial charge in [-0.25, -0.2) is 9.18 Å². The first kappa shape index (κ1) is 22.9. The molecule has 30 heavy (non-hydrogen) atoms. The number of carbonyl (C=O) groups excluding carboxylic acids is 3. The molecule has 0 spiro atoms. The lowest BCUT2D eigenvalue weighted by molar-refractivity contribution is -0.153. The number of rotatable bonds is 9. The van der Waals surface area contributed by atoms with Crippen LogP contribution in [-0.4, -0.2) is 37.0 Å². The number of hydrogen-bond acceptors (Lipinski definition) is 5. The van der Waals surface area contributed by atoms with Gasteiger partial charge in [0.15, 0.2) is 12.7 Å². The zero-order chi connectivity index (χ0) is 22.1. The summed E-state index contributed by atoms with van der Waals surface area (Å²) in [5, 5.41) is 5.36. The summed E-state index contributed by atoms with van der Waals surface area (Å²) >= 11 is 0. The number of amides is 2. The summed E-state index contributed by atoms with van der Waals surface area (Å²) in [6.45, 7) is 5.37. The van der Waals surface area contributed by atoms with Crippen molar-refractivity contribution < 1.29 is 28.2 Å². The molecule has 2 amide bonds. The van der Waals surface area contributed by atoms with E-state index in [1.807, 2.05) is 13.8 Å². The maximum atomic E-state index is 12.9. The lowest BCUT2D eigenvalue weighted by Gasteiger charge is -2.15. The molecule has 2 rings (SSSR count). The van der Waals surface area contributed by atoms with Gasteiger partial charge >= 0.3 is 5.97 Å². The Morgan fingerprint density at radius 3 is 2.33 bits per heavy atom. The lowest BCUT2D eigenvalue weighted by Crippen LogP contribution is -2.31. The van der Waals surface area contributed by atoms with Crippen LogP contribution >= 0.6 is 0 Å². The highest BCUT2D eigenvalue weighted by Crippen LogP contribution is 2.16. The fourth-order valence-electron chi connectivity index (χ4n) is 2.39. The van der Waals surface area contributed by atoms with Gasteiger partial charge in [0.1, 0.15) is 11.6 Å². The van der Waals surface area contributed by atoms with Crippen LogP contribution in [0.3, 0.4) is 0 Å². The summed E-state index contributed by atoms with van der Waals surface area (Å²) in [7, 11) is 0. The number of para-hydroxylation sites is 1. The largest absolute Gasteiger partial charge is 0.479 e. The smallest absolute Gasteiger partial charge is 0.347 e. The number of hydrogen-bond donors (Lipinski definition) is 2. The molecule has 0 fully saturated rings. The van der Waals surface area contributed by atoms with Crippen LogP contribution in [0.2, 0.25) is 0 Å². The second-order valence-corrected chi connectivity index (χ2v) is 7.02. The Hall–Kier alpha value is -3.42. The van der Waals surface area contributed by atoms with Crippen LogP contribution in [0.5, 0.6) is 5.75 Å². The first-order valence-corrected chi connectivity index (χ1v) is 9.52. The van der Waals surface area contributed by atoms with Crippen LogP contribution in [0.1, 0.15) is 31.1 Å². The summed E-state index contributed by atoms with van der Waals surface area (Å²) in [6, 6.07) is 11.7. The van der Waals surface area contributed by atoms with Crippen molar-refractivity contribution in [1.29, 1.82) is 0 Å². The molecule has 0 heterocycles. The Morgan fingerprint density at radius 1 is 1.00 bits per heavy atom. The van der Waals surface area contributed by atoms with Crippen molar-refractivity contribution in [2.24, 2.45) is 5.92 Å². The van der Waals surface area contributed by atoms with Crippen LogP contribution < -0.4 is 15.4 Å². The van der Waals surface area contributed by atoms with Crippen molar-refractivity contribution in [3.05, 3.63) is 59.9 Å². The summed E-state index contributed by atoms with van der Waals surface area (Å²) in [6.07, 6.45) is -0.989. The second-order valence-electron chi connectivity index (χ2n) is 7.02. The minimum absolute atomic E-state index is 0.286. The molecular formula is C22H25FN2O5. The molecule has 0 aromatic heterocycles. The summed E-state index contributed by atoms with van der Waals surface area (Å²) < 4.78 is 23.2. The third-order valence-electron chi connectivity index (χ3n) is 3.92. The van der Waals surface area contributed by atoms with E-state index < -0.39 is 30.4 Å². The molecular weight excluding hydrogens is 391 g/mol. The monoisotopic (exact) mass is 416 g/mol. The fraction of sp³-hybridized carbons (Fsp3) is 0.318. The molecule has 0 aliphatic heterocycles. The zero-order valence-electron chi connectivity index (χ0n) is 17.1. The minimum atomic E-state index is -0.989. The van der Waals surface area contributed by atoms with Gasteiger partial charge in [-0.05, 0) is 49.2 Å². The summed E-state index contributed by atoms with van der Waals surface area (Å²) in [4.78, 5) is 36.5. The van der Waals surface area contributed by atoms with Crippen LogP contribution in [0.25, 0.3) is 0 Å². The number of halogens is 1. The molecule has 7 nitrogen and oxygen atoms in total. The Labute approximate surface area is 174 Å². The molecule has 0 saturated carbocycles. The van der Waals surface area contributed by atoms with Crippen molar-refractivity contribution >= 4 is 23.5 Å². The Balaban J connectivity index is 1.87. The number of anilines is 1. The van der Waals surface area contributed by atoms with Gasteiger partial charge < -0.3 is 20.1 Å². The fourth-order valence-corrected chi connectivity index (χ4v) is 2.39. The van der Waals surface area contributed by atoms with E-state index in [1.165, 1.54) is 31.2 Å². The van der Waals surface area contributed by atoms with Crippen LogP contribution in [0.4, 0.5) is 10.1 Å². The number of benzene rings is 2. The maximum Gasteiger partial charge on any atom is 0.347 e. The van der Waals surface area contributed by atoms with E-state index in [1.54, 1.807) is 24.3 Å². The molecule has 2 aromatic carbocycles. The Morgan fingerprint density at radius 2 is 1.67 bits per heavy atom. The van der Waals surface area contributed by atoms with Gasteiger partial charge in [0.05, 0.1) is 11.3 Å². The quantitative estimate of drug-likeness (QED) is 0.613. The highest BCUT2D eigenvalue weighted by molar-refractivity contribution is 6.04. The molecule has 8 heteroatoms. The van der Waals surface area contributed by atoms with Crippen LogP contribution in [0.15, 0.2) is 48.5 Å². The zero-order valence-corrected chi connectivity index (χ0v) is 17.1. The molecule has 0 radical (unpaired) electrons. The predicted molar refractivity (Wildman–Crippen MR) is 110 cm³/mol. The van der Waals surface area contributed by atoms with Gasteiger partial charge in [0.25, 0.3) is 11.8 Å². The molecule has 0 aliphatic carbocycles. The molecule has 160 valence electrons. The number of ether oxygens (including phenoxy) is 2. The van der Waals surface area contributed by atoms with E-state index in [0.29, 0.717) is 23.5 Å². The lowest BCUT2D eigenvalue weighted by atomic mass is 10.1. The third-order valence-corrected chi connectivity index (χ3v) is 3.92. The van der Waals surface area contributed by atoms with Gasteiger partial charge in [0, 0.05) is 6.54 Å². The van der Waals surface area contributed by atoms with E-state index in [9.17, 15) is 18.8 Å². The number of esters is 1. The van der Waals surface area contributed by atoms with Gasteiger partial charge in [-0.3, -0.25) is 9.59 Å². The predicted octanol–water partition coefficient (Wildman–Crippen LogP) is 3.16. The van der Waals surface area contributed by atoms with Gasteiger partial charge in [0.2, 0.25) is 0 Å². The highest BCUT2D eigenvalue weighted by Gasteiger charge is 2.19. The second kappa shape index (κ2) is 10.9. The molecule has 2 aromatic rings.